The summed E-state index contributed by atoms with van der Waals surface area (Å²) in [7, 11) is 0. The predicted molar refractivity (Wildman–Crippen MR) is 65.8 cm³/mol. The number of carbonyl (C=O) groups is 1. The molecule has 0 saturated carbocycles. The van der Waals surface area contributed by atoms with Crippen molar-refractivity contribution in [3.63, 3.8) is 0 Å². The first-order valence-corrected chi connectivity index (χ1v) is 5.54. The van der Waals surface area contributed by atoms with Crippen molar-refractivity contribution in [1.29, 1.82) is 0 Å². The molecule has 1 aromatic carbocycles. The zero-order valence-corrected chi connectivity index (χ0v) is 9.74. The van der Waals surface area contributed by atoms with Gasteiger partial charge < -0.3 is 4.74 Å². The Morgan fingerprint density at radius 3 is 2.62 bits per heavy atom. The smallest absolute Gasteiger partial charge is 0.134 e. The van der Waals surface area contributed by atoms with Gasteiger partial charge in [0.15, 0.2) is 0 Å². The molecule has 1 rings (SSSR count). The molecule has 0 spiro atoms. The van der Waals surface area contributed by atoms with Gasteiger partial charge in [-0.25, -0.2) is 0 Å². The molecule has 0 unspecified atom stereocenters. The highest BCUT2D eigenvalue weighted by atomic mass is 16.5. The van der Waals surface area contributed by atoms with Crippen LogP contribution in [0.25, 0.3) is 0 Å². The summed E-state index contributed by atoms with van der Waals surface area (Å²) >= 11 is 0. The number of Topliss-reactive ketones (excluding diaryl/α,β-unsaturated/α-hetero) is 1. The maximum absolute atomic E-state index is 10.9. The summed E-state index contributed by atoms with van der Waals surface area (Å²) in [5.41, 5.74) is 1.03. The lowest BCUT2D eigenvalue weighted by Crippen LogP contribution is -1.98. The SMILES string of the molecule is C=CCCCOc1ccc(CC(C)=O)cc1. The first-order valence-electron chi connectivity index (χ1n) is 5.54. The minimum Gasteiger partial charge on any atom is -0.494 e. The quantitative estimate of drug-likeness (QED) is 0.519. The average Bonchev–Trinajstić information content (AvgIpc) is 2.26. The second-order valence-corrected chi connectivity index (χ2v) is 3.80. The molecule has 0 N–H and O–H groups in total. The number of carbonyl (C=O) groups excluding carboxylic acids is 1. The predicted octanol–water partition coefficient (Wildman–Crippen LogP) is 3.16. The summed E-state index contributed by atoms with van der Waals surface area (Å²) in [5.74, 6) is 1.04. The highest BCUT2D eigenvalue weighted by Gasteiger charge is 1.98. The van der Waals surface area contributed by atoms with Crippen LogP contribution in [0.4, 0.5) is 0 Å². The lowest BCUT2D eigenvalue weighted by molar-refractivity contribution is -0.116. The number of unbranched alkanes of at least 4 members (excludes halogenated alkanes) is 1. The van der Waals surface area contributed by atoms with Crippen LogP contribution >= 0.6 is 0 Å². The van der Waals surface area contributed by atoms with Gasteiger partial charge in [0, 0.05) is 6.42 Å². The Bertz CT molecular complexity index is 338. The topological polar surface area (TPSA) is 26.3 Å². The van der Waals surface area contributed by atoms with Gasteiger partial charge in [0.25, 0.3) is 0 Å². The largest absolute Gasteiger partial charge is 0.494 e. The van der Waals surface area contributed by atoms with Gasteiger partial charge in [-0.05, 0) is 37.5 Å². The molecular weight excluding hydrogens is 200 g/mol. The number of allylic oxidation sites excluding steroid dienone is 1. The van der Waals surface area contributed by atoms with Crippen molar-refractivity contribution in [2.75, 3.05) is 6.61 Å². The highest BCUT2D eigenvalue weighted by molar-refractivity contribution is 5.78. The molecule has 1 aromatic rings. The van der Waals surface area contributed by atoms with Crippen molar-refractivity contribution in [1.82, 2.24) is 0 Å². The molecule has 0 radical (unpaired) electrons. The fourth-order valence-corrected chi connectivity index (χ4v) is 1.41. The molecule has 0 aliphatic carbocycles. The molecule has 0 saturated heterocycles. The number of ether oxygens (including phenoxy) is 1. The van der Waals surface area contributed by atoms with Crippen molar-refractivity contribution < 1.29 is 9.53 Å². The fraction of sp³-hybridized carbons (Fsp3) is 0.357. The van der Waals surface area contributed by atoms with E-state index in [0.29, 0.717) is 13.0 Å². The number of benzene rings is 1. The summed E-state index contributed by atoms with van der Waals surface area (Å²) < 4.78 is 5.54. The van der Waals surface area contributed by atoms with Gasteiger partial charge in [0.1, 0.15) is 11.5 Å². The third kappa shape index (κ3) is 4.78. The van der Waals surface area contributed by atoms with Crippen LogP contribution in [0, 0.1) is 0 Å². The lowest BCUT2D eigenvalue weighted by Gasteiger charge is -2.05. The molecule has 0 amide bonds. The van der Waals surface area contributed by atoms with Gasteiger partial charge in [-0.2, -0.15) is 0 Å². The van der Waals surface area contributed by atoms with Crippen LogP contribution in [0.2, 0.25) is 0 Å². The van der Waals surface area contributed by atoms with E-state index in [9.17, 15) is 4.79 Å². The van der Waals surface area contributed by atoms with Gasteiger partial charge in [-0.3, -0.25) is 4.79 Å². The lowest BCUT2D eigenvalue weighted by atomic mass is 10.1. The van der Waals surface area contributed by atoms with Gasteiger partial charge in [0.2, 0.25) is 0 Å². The van der Waals surface area contributed by atoms with E-state index in [1.54, 1.807) is 6.92 Å². The first-order chi connectivity index (χ1) is 7.72. The number of rotatable bonds is 7. The Morgan fingerprint density at radius 1 is 1.38 bits per heavy atom. The molecule has 0 bridgehead atoms. The van der Waals surface area contributed by atoms with E-state index in [0.717, 1.165) is 24.2 Å². The molecule has 2 heteroatoms. The van der Waals surface area contributed by atoms with Gasteiger partial charge in [-0.1, -0.05) is 18.2 Å². The fourth-order valence-electron chi connectivity index (χ4n) is 1.41. The van der Waals surface area contributed by atoms with Crippen LogP contribution in [-0.2, 0) is 11.2 Å². The summed E-state index contributed by atoms with van der Waals surface area (Å²) in [4.78, 5) is 10.9. The number of hydrogen-bond donors (Lipinski definition) is 0. The Balaban J connectivity index is 2.38. The molecule has 2 nitrogen and oxygen atoms in total. The van der Waals surface area contributed by atoms with Gasteiger partial charge >= 0.3 is 0 Å². The highest BCUT2D eigenvalue weighted by Crippen LogP contribution is 2.13. The van der Waals surface area contributed by atoms with E-state index in [2.05, 4.69) is 6.58 Å². The minimum atomic E-state index is 0.180. The molecule has 0 heterocycles. The summed E-state index contributed by atoms with van der Waals surface area (Å²) in [6.45, 7) is 5.96. The molecule has 16 heavy (non-hydrogen) atoms. The van der Waals surface area contributed by atoms with Crippen LogP contribution in [0.15, 0.2) is 36.9 Å². The Morgan fingerprint density at radius 2 is 2.06 bits per heavy atom. The Kier molecular flexibility index (Phi) is 5.34. The van der Waals surface area contributed by atoms with Crippen molar-refractivity contribution in [2.24, 2.45) is 0 Å². The van der Waals surface area contributed by atoms with Gasteiger partial charge in [-0.15, -0.1) is 6.58 Å². The van der Waals surface area contributed by atoms with Crippen LogP contribution in [-0.4, -0.2) is 12.4 Å². The zero-order valence-electron chi connectivity index (χ0n) is 9.74. The molecule has 86 valence electrons. The summed E-state index contributed by atoms with van der Waals surface area (Å²) in [6, 6.07) is 7.69. The second-order valence-electron chi connectivity index (χ2n) is 3.80. The summed E-state index contributed by atoms with van der Waals surface area (Å²) in [5, 5.41) is 0. The molecule has 0 fully saturated rings. The number of ketones is 1. The second kappa shape index (κ2) is 6.83. The van der Waals surface area contributed by atoms with Gasteiger partial charge in [0.05, 0.1) is 6.61 Å². The van der Waals surface area contributed by atoms with Crippen molar-refractivity contribution in [2.45, 2.75) is 26.2 Å². The van der Waals surface area contributed by atoms with Crippen LogP contribution in [0.5, 0.6) is 5.75 Å². The third-order valence-corrected chi connectivity index (χ3v) is 2.20. The zero-order chi connectivity index (χ0) is 11.8. The standard InChI is InChI=1S/C14H18O2/c1-3-4-5-10-16-14-8-6-13(7-9-14)11-12(2)15/h3,6-9H,1,4-5,10-11H2,2H3. The van der Waals surface area contributed by atoms with E-state index in [1.807, 2.05) is 30.3 Å². The first kappa shape index (κ1) is 12.5. The van der Waals surface area contributed by atoms with E-state index in [4.69, 9.17) is 4.74 Å². The van der Waals surface area contributed by atoms with Crippen molar-refractivity contribution in [3.05, 3.63) is 42.5 Å². The molecule has 0 atom stereocenters. The van der Waals surface area contributed by atoms with Crippen molar-refractivity contribution >= 4 is 5.78 Å². The number of hydrogen-bond acceptors (Lipinski definition) is 2. The maximum Gasteiger partial charge on any atom is 0.134 e. The van der Waals surface area contributed by atoms with Crippen molar-refractivity contribution in [3.8, 4) is 5.75 Å². The third-order valence-electron chi connectivity index (χ3n) is 2.20. The summed E-state index contributed by atoms with van der Waals surface area (Å²) in [6.07, 6.45) is 4.34. The molecule has 0 aliphatic heterocycles. The maximum atomic E-state index is 10.9. The van der Waals surface area contributed by atoms with Crippen LogP contribution in [0.3, 0.4) is 0 Å². The monoisotopic (exact) mass is 218 g/mol. The Labute approximate surface area is 96.9 Å². The Hall–Kier alpha value is -1.57. The normalized spacial score (nSPS) is 9.81. The van der Waals surface area contributed by atoms with E-state index >= 15 is 0 Å². The minimum absolute atomic E-state index is 0.180. The average molecular weight is 218 g/mol. The van der Waals surface area contributed by atoms with Crippen LogP contribution < -0.4 is 4.74 Å². The van der Waals surface area contributed by atoms with Crippen LogP contribution in [0.1, 0.15) is 25.3 Å². The van der Waals surface area contributed by atoms with E-state index in [-0.39, 0.29) is 5.78 Å². The molecule has 0 aliphatic rings. The molecular formula is C14H18O2. The van der Waals surface area contributed by atoms with E-state index in [1.165, 1.54) is 0 Å². The molecule has 0 aromatic heterocycles. The van der Waals surface area contributed by atoms with E-state index < -0.39 is 0 Å².